The maximum atomic E-state index is 11.1. The molecule has 7 heteroatoms. The highest BCUT2D eigenvalue weighted by molar-refractivity contribution is 7.16. The summed E-state index contributed by atoms with van der Waals surface area (Å²) < 4.78 is 5.77. The molecule has 108 valence electrons. The Morgan fingerprint density at radius 1 is 1.38 bits per heavy atom. The molecule has 0 aliphatic heterocycles. The molecule has 0 saturated heterocycles. The van der Waals surface area contributed by atoms with Crippen LogP contribution in [0.25, 0.3) is 10.2 Å². The molecule has 21 heavy (non-hydrogen) atoms. The Kier molecular flexibility index (Phi) is 4.12. The van der Waals surface area contributed by atoms with Gasteiger partial charge in [0.25, 0.3) is 0 Å². The molecule has 5 nitrogen and oxygen atoms in total. The van der Waals surface area contributed by atoms with E-state index in [9.17, 15) is 4.79 Å². The van der Waals surface area contributed by atoms with Crippen molar-refractivity contribution in [3.63, 3.8) is 0 Å². The van der Waals surface area contributed by atoms with Crippen molar-refractivity contribution in [1.29, 1.82) is 0 Å². The first-order chi connectivity index (χ1) is 10.2. The molecule has 0 saturated carbocycles. The number of esters is 1. The number of aryl methyl sites for hydroxylation is 1. The first kappa shape index (κ1) is 14.0. The van der Waals surface area contributed by atoms with E-state index in [0.717, 1.165) is 26.7 Å². The molecular formula is C14H13N3O2S2. The molecule has 2 aromatic heterocycles. The maximum Gasteiger partial charge on any atom is 0.305 e. The van der Waals surface area contributed by atoms with E-state index in [1.165, 1.54) is 18.4 Å². The highest BCUT2D eigenvalue weighted by Crippen LogP contribution is 2.26. The third-order valence-electron chi connectivity index (χ3n) is 2.95. The van der Waals surface area contributed by atoms with Gasteiger partial charge in [-0.1, -0.05) is 0 Å². The number of hydrogen-bond acceptors (Lipinski definition) is 7. The van der Waals surface area contributed by atoms with Gasteiger partial charge in [-0.05, 0) is 18.2 Å². The van der Waals surface area contributed by atoms with Crippen molar-refractivity contribution < 1.29 is 9.53 Å². The first-order valence-corrected chi connectivity index (χ1v) is 8.12. The van der Waals surface area contributed by atoms with Crippen LogP contribution in [0, 0.1) is 0 Å². The van der Waals surface area contributed by atoms with Gasteiger partial charge >= 0.3 is 5.97 Å². The van der Waals surface area contributed by atoms with Crippen LogP contribution in [0.2, 0.25) is 0 Å². The highest BCUT2D eigenvalue weighted by Gasteiger charge is 2.06. The van der Waals surface area contributed by atoms with Gasteiger partial charge in [-0.3, -0.25) is 4.79 Å². The molecule has 0 fully saturated rings. The third kappa shape index (κ3) is 3.37. The predicted octanol–water partition coefficient (Wildman–Crippen LogP) is 3.60. The second kappa shape index (κ2) is 6.19. The Morgan fingerprint density at radius 2 is 2.29 bits per heavy atom. The molecule has 3 rings (SSSR count). The number of methoxy groups -OCH3 is 1. The highest BCUT2D eigenvalue weighted by atomic mass is 32.1. The lowest BCUT2D eigenvalue weighted by molar-refractivity contribution is -0.140. The molecule has 2 heterocycles. The Bertz CT molecular complexity index is 766. The summed E-state index contributed by atoms with van der Waals surface area (Å²) in [5.41, 5.74) is 4.72. The molecule has 0 amide bonds. The average Bonchev–Trinajstić information content (AvgIpc) is 3.13. The fourth-order valence-corrected chi connectivity index (χ4v) is 3.35. The summed E-state index contributed by atoms with van der Waals surface area (Å²) in [5, 5.41) is 6.05. The zero-order valence-electron chi connectivity index (χ0n) is 11.3. The smallest absolute Gasteiger partial charge is 0.305 e. The number of ether oxygens (including phenoxy) is 1. The van der Waals surface area contributed by atoms with Crippen LogP contribution in [-0.4, -0.2) is 23.0 Å². The number of fused-ring (bicyclic) bond motifs is 1. The summed E-state index contributed by atoms with van der Waals surface area (Å²) in [6.45, 7) is 0. The molecule has 1 aromatic carbocycles. The van der Waals surface area contributed by atoms with Crippen LogP contribution >= 0.6 is 22.7 Å². The molecule has 3 aromatic rings. The van der Waals surface area contributed by atoms with Gasteiger partial charge in [-0.2, -0.15) is 0 Å². The molecular weight excluding hydrogens is 306 g/mol. The predicted molar refractivity (Wildman–Crippen MR) is 85.4 cm³/mol. The number of nitrogens with zero attached hydrogens (tertiary/aromatic N) is 2. The molecule has 0 bridgehead atoms. The monoisotopic (exact) mass is 319 g/mol. The van der Waals surface area contributed by atoms with E-state index in [4.69, 9.17) is 0 Å². The average molecular weight is 319 g/mol. The van der Waals surface area contributed by atoms with Crippen molar-refractivity contribution in [2.24, 2.45) is 0 Å². The van der Waals surface area contributed by atoms with Crippen LogP contribution in [0.5, 0.6) is 0 Å². The minimum absolute atomic E-state index is 0.215. The zero-order chi connectivity index (χ0) is 14.7. The number of nitrogens with one attached hydrogen (secondary N) is 1. The summed E-state index contributed by atoms with van der Waals surface area (Å²) >= 11 is 3.14. The van der Waals surface area contributed by atoms with E-state index in [1.807, 2.05) is 23.0 Å². The minimum atomic E-state index is -0.215. The van der Waals surface area contributed by atoms with Crippen molar-refractivity contribution >= 4 is 49.7 Å². The van der Waals surface area contributed by atoms with E-state index >= 15 is 0 Å². The maximum absolute atomic E-state index is 11.1. The number of carbonyl (C=O) groups is 1. The van der Waals surface area contributed by atoms with Crippen molar-refractivity contribution in [1.82, 2.24) is 9.97 Å². The van der Waals surface area contributed by atoms with Gasteiger partial charge in [0.15, 0.2) is 5.13 Å². The van der Waals surface area contributed by atoms with Crippen LogP contribution in [0.1, 0.15) is 12.1 Å². The third-order valence-corrected chi connectivity index (χ3v) is 4.55. The van der Waals surface area contributed by atoms with Gasteiger partial charge in [-0.15, -0.1) is 22.7 Å². The number of rotatable bonds is 5. The number of anilines is 2. The van der Waals surface area contributed by atoms with Gasteiger partial charge in [0, 0.05) is 17.5 Å². The summed E-state index contributed by atoms with van der Waals surface area (Å²) in [4.78, 5) is 19.8. The van der Waals surface area contributed by atoms with E-state index in [0.29, 0.717) is 12.8 Å². The van der Waals surface area contributed by atoms with Gasteiger partial charge in [0.1, 0.15) is 0 Å². The van der Waals surface area contributed by atoms with Gasteiger partial charge in [-0.25, -0.2) is 9.97 Å². The quantitative estimate of drug-likeness (QED) is 0.728. The normalized spacial score (nSPS) is 10.7. The first-order valence-electron chi connectivity index (χ1n) is 6.36. The van der Waals surface area contributed by atoms with Gasteiger partial charge < -0.3 is 10.1 Å². The summed E-state index contributed by atoms with van der Waals surface area (Å²) in [5.74, 6) is -0.215. The molecule has 1 N–H and O–H groups in total. The number of thiazole rings is 2. The Morgan fingerprint density at radius 3 is 3.14 bits per heavy atom. The molecule has 0 unspecified atom stereocenters. The van der Waals surface area contributed by atoms with E-state index < -0.39 is 0 Å². The van der Waals surface area contributed by atoms with Crippen molar-refractivity contribution in [3.8, 4) is 0 Å². The SMILES string of the molecule is COC(=O)CCc1csc(Nc2ccc3ncsc3c2)n1. The van der Waals surface area contributed by atoms with Gasteiger partial charge in [0.05, 0.1) is 35.0 Å². The number of benzene rings is 1. The van der Waals surface area contributed by atoms with Crippen LogP contribution in [-0.2, 0) is 16.0 Å². The topological polar surface area (TPSA) is 64.1 Å². The summed E-state index contributed by atoms with van der Waals surface area (Å²) in [6, 6.07) is 6.03. The standard InChI is InChI=1S/C14H13N3O2S2/c1-19-13(18)5-3-10-7-20-14(17-10)16-9-2-4-11-12(6-9)21-8-15-11/h2,4,6-8H,3,5H2,1H3,(H,16,17). The van der Waals surface area contributed by atoms with E-state index in [2.05, 4.69) is 26.1 Å². The fraction of sp³-hybridized carbons (Fsp3) is 0.214. The van der Waals surface area contributed by atoms with Gasteiger partial charge in [0.2, 0.25) is 0 Å². The van der Waals surface area contributed by atoms with E-state index in [-0.39, 0.29) is 5.97 Å². The Balaban J connectivity index is 1.67. The van der Waals surface area contributed by atoms with Crippen molar-refractivity contribution in [2.45, 2.75) is 12.8 Å². The van der Waals surface area contributed by atoms with Crippen LogP contribution in [0.4, 0.5) is 10.8 Å². The molecule has 0 atom stereocenters. The molecule has 0 spiro atoms. The van der Waals surface area contributed by atoms with E-state index in [1.54, 1.807) is 11.3 Å². The lowest BCUT2D eigenvalue weighted by Gasteiger charge is -2.02. The zero-order valence-corrected chi connectivity index (χ0v) is 13.0. The fourth-order valence-electron chi connectivity index (χ4n) is 1.87. The summed E-state index contributed by atoms with van der Waals surface area (Å²) in [6.07, 6.45) is 0.950. The van der Waals surface area contributed by atoms with Crippen molar-refractivity contribution in [2.75, 3.05) is 12.4 Å². The summed E-state index contributed by atoms with van der Waals surface area (Å²) in [7, 11) is 1.39. The molecule has 0 aliphatic carbocycles. The minimum Gasteiger partial charge on any atom is -0.469 e. The Labute approximate surface area is 129 Å². The Hall–Kier alpha value is -1.99. The van der Waals surface area contributed by atoms with Crippen molar-refractivity contribution in [3.05, 3.63) is 34.8 Å². The largest absolute Gasteiger partial charge is 0.469 e. The molecule has 0 radical (unpaired) electrons. The number of aromatic nitrogens is 2. The van der Waals surface area contributed by atoms with Crippen LogP contribution in [0.3, 0.4) is 0 Å². The van der Waals surface area contributed by atoms with Crippen LogP contribution in [0.15, 0.2) is 29.1 Å². The number of carbonyl (C=O) groups excluding carboxylic acids is 1. The number of hydrogen-bond donors (Lipinski definition) is 1. The second-order valence-electron chi connectivity index (χ2n) is 4.38. The lowest BCUT2D eigenvalue weighted by Crippen LogP contribution is -2.02. The lowest BCUT2D eigenvalue weighted by atomic mass is 10.2. The second-order valence-corrected chi connectivity index (χ2v) is 6.12. The molecule has 0 aliphatic rings. The van der Waals surface area contributed by atoms with Crippen LogP contribution < -0.4 is 5.32 Å².